The minimum absolute atomic E-state index is 0.0862. The minimum atomic E-state index is -2.61. The van der Waals surface area contributed by atoms with E-state index in [9.17, 15) is 13.2 Å². The molecule has 1 aromatic rings. The Morgan fingerprint density at radius 2 is 2.31 bits per heavy atom. The van der Waals surface area contributed by atoms with Crippen molar-refractivity contribution < 1.29 is 13.2 Å². The average Bonchev–Trinajstić information content (AvgIpc) is 2.36. The van der Waals surface area contributed by atoms with Crippen LogP contribution in [0.4, 0.5) is 13.2 Å². The molecule has 0 N–H and O–H groups in total. The molecule has 6 heteroatoms. The molecule has 0 fully saturated rings. The summed E-state index contributed by atoms with van der Waals surface area (Å²) in [5.74, 6) is -3.29. The summed E-state index contributed by atoms with van der Waals surface area (Å²) < 4.78 is 38.0. The maximum absolute atomic E-state index is 12.9. The Labute approximate surface area is 78.1 Å². The van der Waals surface area contributed by atoms with Crippen LogP contribution in [0, 0.1) is 5.82 Å². The zero-order valence-corrected chi connectivity index (χ0v) is 7.82. The number of aryl methyl sites for hydroxylation is 1. The van der Waals surface area contributed by atoms with Gasteiger partial charge in [-0.2, -0.15) is 13.9 Å². The summed E-state index contributed by atoms with van der Waals surface area (Å²) in [6.07, 6.45) is 1.69. The lowest BCUT2D eigenvalue weighted by Crippen LogP contribution is -2.02. The smallest absolute Gasteiger partial charge is 0.256 e. The Bertz CT molecular complexity index is 275. The van der Waals surface area contributed by atoms with Gasteiger partial charge >= 0.3 is 0 Å². The third-order valence-electron chi connectivity index (χ3n) is 1.39. The van der Waals surface area contributed by atoms with Crippen molar-refractivity contribution >= 4 is 11.8 Å². The van der Waals surface area contributed by atoms with Gasteiger partial charge in [0.1, 0.15) is 5.03 Å². The first kappa shape index (κ1) is 10.4. The lowest BCUT2D eigenvalue weighted by atomic mass is 10.5. The van der Waals surface area contributed by atoms with Crippen LogP contribution in [-0.4, -0.2) is 15.5 Å². The van der Waals surface area contributed by atoms with E-state index in [4.69, 9.17) is 0 Å². The molecule has 74 valence electrons. The van der Waals surface area contributed by atoms with Gasteiger partial charge in [0.15, 0.2) is 5.82 Å². The predicted octanol–water partition coefficient (Wildman–Crippen LogP) is 2.75. The van der Waals surface area contributed by atoms with Crippen molar-refractivity contribution in [3.05, 3.63) is 12.0 Å². The van der Waals surface area contributed by atoms with E-state index in [0.29, 0.717) is 6.54 Å². The fourth-order valence-corrected chi connectivity index (χ4v) is 1.52. The van der Waals surface area contributed by atoms with Gasteiger partial charge in [0.2, 0.25) is 0 Å². The Hall–Kier alpha value is -0.650. The fraction of sp³-hybridized carbons (Fsp3) is 0.571. The maximum Gasteiger partial charge on any atom is 0.290 e. The van der Waals surface area contributed by atoms with Gasteiger partial charge in [0.25, 0.3) is 5.76 Å². The number of thioether (sulfide) groups is 1. The molecule has 1 heterocycles. The van der Waals surface area contributed by atoms with Crippen LogP contribution in [0.25, 0.3) is 0 Å². The van der Waals surface area contributed by atoms with Crippen LogP contribution >= 0.6 is 11.8 Å². The zero-order valence-electron chi connectivity index (χ0n) is 7.01. The van der Waals surface area contributed by atoms with E-state index in [1.807, 2.05) is 6.92 Å². The van der Waals surface area contributed by atoms with Crippen molar-refractivity contribution in [1.29, 1.82) is 0 Å². The van der Waals surface area contributed by atoms with Gasteiger partial charge in [0, 0.05) is 6.54 Å². The monoisotopic (exact) mass is 210 g/mol. The van der Waals surface area contributed by atoms with E-state index in [1.165, 1.54) is 4.68 Å². The molecule has 0 bridgehead atoms. The zero-order chi connectivity index (χ0) is 9.84. The maximum atomic E-state index is 12.9. The van der Waals surface area contributed by atoms with Gasteiger partial charge in [-0.05, 0) is 18.2 Å². The molecule has 0 aliphatic heterocycles. The number of rotatable bonds is 4. The van der Waals surface area contributed by atoms with Crippen molar-refractivity contribution in [3.8, 4) is 0 Å². The SMILES string of the molecule is CCCn1ncc(F)c1SC(F)F. The molecule has 0 aliphatic rings. The van der Waals surface area contributed by atoms with Crippen LogP contribution in [0.1, 0.15) is 13.3 Å². The fourth-order valence-electron chi connectivity index (χ4n) is 0.924. The highest BCUT2D eigenvalue weighted by atomic mass is 32.2. The predicted molar refractivity (Wildman–Crippen MR) is 44.3 cm³/mol. The molecule has 0 saturated heterocycles. The molecule has 0 unspecified atom stereocenters. The number of hydrogen-bond acceptors (Lipinski definition) is 2. The topological polar surface area (TPSA) is 17.8 Å². The lowest BCUT2D eigenvalue weighted by molar-refractivity contribution is 0.251. The highest BCUT2D eigenvalue weighted by molar-refractivity contribution is 7.99. The summed E-state index contributed by atoms with van der Waals surface area (Å²) in [6, 6.07) is 0. The summed E-state index contributed by atoms with van der Waals surface area (Å²) in [4.78, 5) is 0. The lowest BCUT2D eigenvalue weighted by Gasteiger charge is -2.04. The molecular weight excluding hydrogens is 201 g/mol. The first-order valence-electron chi connectivity index (χ1n) is 3.81. The van der Waals surface area contributed by atoms with Crippen molar-refractivity contribution in [1.82, 2.24) is 9.78 Å². The molecule has 0 radical (unpaired) electrons. The summed E-state index contributed by atoms with van der Waals surface area (Å²) in [5, 5.41) is 3.56. The first-order chi connectivity index (χ1) is 6.15. The molecule has 13 heavy (non-hydrogen) atoms. The molecule has 1 rings (SSSR count). The van der Waals surface area contributed by atoms with Gasteiger partial charge < -0.3 is 0 Å². The molecular formula is C7H9F3N2S. The second kappa shape index (κ2) is 4.55. The molecule has 1 aromatic heterocycles. The number of alkyl halides is 2. The second-order valence-corrected chi connectivity index (χ2v) is 3.38. The van der Waals surface area contributed by atoms with Crippen LogP contribution in [0.3, 0.4) is 0 Å². The van der Waals surface area contributed by atoms with Crippen LogP contribution < -0.4 is 0 Å². The van der Waals surface area contributed by atoms with E-state index in [0.717, 1.165) is 12.6 Å². The molecule has 0 aliphatic carbocycles. The number of aromatic nitrogens is 2. The van der Waals surface area contributed by atoms with E-state index >= 15 is 0 Å². The number of hydrogen-bond donors (Lipinski definition) is 0. The molecule has 0 aromatic carbocycles. The Kier molecular flexibility index (Phi) is 3.65. The van der Waals surface area contributed by atoms with Gasteiger partial charge in [-0.3, -0.25) is 4.68 Å². The second-order valence-electron chi connectivity index (χ2n) is 2.40. The summed E-state index contributed by atoms with van der Waals surface area (Å²) >= 11 is 0.190. The van der Waals surface area contributed by atoms with Gasteiger partial charge in [-0.1, -0.05) is 6.92 Å². The first-order valence-corrected chi connectivity index (χ1v) is 4.69. The largest absolute Gasteiger partial charge is 0.290 e. The van der Waals surface area contributed by atoms with E-state index in [2.05, 4.69) is 5.10 Å². The van der Waals surface area contributed by atoms with Crippen LogP contribution in [0.2, 0.25) is 0 Å². The van der Waals surface area contributed by atoms with Crippen LogP contribution in [-0.2, 0) is 6.54 Å². The molecule has 0 atom stereocenters. The third kappa shape index (κ3) is 2.65. The normalized spacial score (nSPS) is 11.2. The summed E-state index contributed by atoms with van der Waals surface area (Å²) in [5.41, 5.74) is 0. The average molecular weight is 210 g/mol. The Morgan fingerprint density at radius 3 is 2.85 bits per heavy atom. The van der Waals surface area contributed by atoms with Crippen LogP contribution in [0.15, 0.2) is 11.2 Å². The molecule has 0 spiro atoms. The number of halogens is 3. The van der Waals surface area contributed by atoms with Crippen LogP contribution in [0.5, 0.6) is 0 Å². The van der Waals surface area contributed by atoms with Crippen molar-refractivity contribution in [3.63, 3.8) is 0 Å². The molecule has 0 saturated carbocycles. The van der Waals surface area contributed by atoms with E-state index in [1.54, 1.807) is 0 Å². The minimum Gasteiger partial charge on any atom is -0.256 e. The molecule has 2 nitrogen and oxygen atoms in total. The highest BCUT2D eigenvalue weighted by Gasteiger charge is 2.15. The Balaban J connectivity index is 2.81. The van der Waals surface area contributed by atoms with Gasteiger partial charge in [-0.25, -0.2) is 4.39 Å². The van der Waals surface area contributed by atoms with Crippen molar-refractivity contribution in [2.24, 2.45) is 0 Å². The van der Waals surface area contributed by atoms with Gasteiger partial charge in [-0.15, -0.1) is 0 Å². The number of nitrogens with zero attached hydrogens (tertiary/aromatic N) is 2. The van der Waals surface area contributed by atoms with Gasteiger partial charge in [0.05, 0.1) is 6.20 Å². The van der Waals surface area contributed by atoms with E-state index < -0.39 is 11.6 Å². The third-order valence-corrected chi connectivity index (χ3v) is 2.19. The standard InChI is InChI=1S/C7H9F3N2S/c1-2-3-12-6(13-7(9)10)5(8)4-11-12/h4,7H,2-3H2,1H3. The quantitative estimate of drug-likeness (QED) is 0.711. The van der Waals surface area contributed by atoms with Crippen molar-refractivity contribution in [2.75, 3.05) is 0 Å². The molecule has 0 amide bonds. The van der Waals surface area contributed by atoms with Crippen molar-refractivity contribution in [2.45, 2.75) is 30.7 Å². The van der Waals surface area contributed by atoms with E-state index in [-0.39, 0.29) is 16.8 Å². The summed E-state index contributed by atoms with van der Waals surface area (Å²) in [6.45, 7) is 2.33. The highest BCUT2D eigenvalue weighted by Crippen LogP contribution is 2.27. The Morgan fingerprint density at radius 1 is 1.62 bits per heavy atom. The summed E-state index contributed by atoms with van der Waals surface area (Å²) in [7, 11) is 0.